The number of rotatable bonds is 1. The Hall–Kier alpha value is -2.35. The SMILES string of the molecule is N#Cc1cc(-c2cccc(F)c2)cc(C(F)(F)F)c1. The Bertz CT molecular complexity index is 653. The van der Waals surface area contributed by atoms with E-state index in [0.29, 0.717) is 5.56 Å². The molecule has 2 aromatic rings. The lowest BCUT2D eigenvalue weighted by Gasteiger charge is -2.10. The summed E-state index contributed by atoms with van der Waals surface area (Å²) >= 11 is 0. The van der Waals surface area contributed by atoms with Gasteiger partial charge in [0.2, 0.25) is 0 Å². The van der Waals surface area contributed by atoms with Crippen LogP contribution in [-0.4, -0.2) is 0 Å². The molecular weight excluding hydrogens is 258 g/mol. The van der Waals surface area contributed by atoms with Crippen LogP contribution >= 0.6 is 0 Å². The van der Waals surface area contributed by atoms with Crippen LogP contribution in [0, 0.1) is 17.1 Å². The predicted octanol–water partition coefficient (Wildman–Crippen LogP) is 4.38. The van der Waals surface area contributed by atoms with Gasteiger partial charge in [0.15, 0.2) is 0 Å². The third-order valence-corrected chi connectivity index (χ3v) is 2.55. The van der Waals surface area contributed by atoms with Crippen molar-refractivity contribution in [2.75, 3.05) is 0 Å². The van der Waals surface area contributed by atoms with E-state index in [2.05, 4.69) is 0 Å². The average molecular weight is 265 g/mol. The van der Waals surface area contributed by atoms with Gasteiger partial charge in [-0.05, 0) is 41.5 Å². The van der Waals surface area contributed by atoms with E-state index in [0.717, 1.165) is 18.2 Å². The maximum absolute atomic E-state index is 13.1. The smallest absolute Gasteiger partial charge is 0.207 e. The van der Waals surface area contributed by atoms with E-state index in [1.807, 2.05) is 0 Å². The summed E-state index contributed by atoms with van der Waals surface area (Å²) in [6.45, 7) is 0. The fourth-order valence-electron chi connectivity index (χ4n) is 1.69. The molecule has 0 saturated carbocycles. The van der Waals surface area contributed by atoms with Gasteiger partial charge in [-0.15, -0.1) is 0 Å². The number of alkyl halides is 3. The Labute approximate surface area is 106 Å². The molecule has 0 aliphatic heterocycles. The van der Waals surface area contributed by atoms with Gasteiger partial charge in [0, 0.05) is 0 Å². The predicted molar refractivity (Wildman–Crippen MR) is 61.6 cm³/mol. The van der Waals surface area contributed by atoms with Crippen LogP contribution in [0.15, 0.2) is 42.5 Å². The first-order valence-electron chi connectivity index (χ1n) is 5.28. The van der Waals surface area contributed by atoms with Gasteiger partial charge in [0.05, 0.1) is 17.2 Å². The molecule has 0 spiro atoms. The minimum Gasteiger partial charge on any atom is -0.207 e. The molecular formula is C14H7F4N. The molecule has 19 heavy (non-hydrogen) atoms. The molecule has 0 bridgehead atoms. The van der Waals surface area contributed by atoms with Crippen LogP contribution in [-0.2, 0) is 6.18 Å². The van der Waals surface area contributed by atoms with E-state index < -0.39 is 17.6 Å². The number of nitrogens with zero attached hydrogens (tertiary/aromatic N) is 1. The topological polar surface area (TPSA) is 23.8 Å². The van der Waals surface area contributed by atoms with Crippen molar-refractivity contribution >= 4 is 0 Å². The second kappa shape index (κ2) is 4.73. The van der Waals surface area contributed by atoms with Gasteiger partial charge >= 0.3 is 6.18 Å². The molecule has 0 N–H and O–H groups in total. The highest BCUT2D eigenvalue weighted by Crippen LogP contribution is 2.33. The van der Waals surface area contributed by atoms with Gasteiger partial charge in [-0.1, -0.05) is 12.1 Å². The number of halogens is 4. The number of hydrogen-bond acceptors (Lipinski definition) is 1. The Kier molecular flexibility index (Phi) is 3.26. The summed E-state index contributed by atoms with van der Waals surface area (Å²) in [5, 5.41) is 8.76. The van der Waals surface area contributed by atoms with Gasteiger partial charge in [0.1, 0.15) is 5.82 Å². The highest BCUT2D eigenvalue weighted by molar-refractivity contribution is 5.66. The lowest BCUT2D eigenvalue weighted by atomic mass is 10.00. The van der Waals surface area contributed by atoms with E-state index in [9.17, 15) is 17.6 Å². The van der Waals surface area contributed by atoms with E-state index in [4.69, 9.17) is 5.26 Å². The van der Waals surface area contributed by atoms with Gasteiger partial charge in [-0.2, -0.15) is 18.4 Å². The third kappa shape index (κ3) is 2.91. The lowest BCUT2D eigenvalue weighted by Crippen LogP contribution is -2.05. The highest BCUT2D eigenvalue weighted by Gasteiger charge is 2.31. The van der Waals surface area contributed by atoms with Crippen molar-refractivity contribution in [2.45, 2.75) is 6.18 Å². The van der Waals surface area contributed by atoms with Crippen molar-refractivity contribution < 1.29 is 17.6 Å². The van der Waals surface area contributed by atoms with Gasteiger partial charge in [0.25, 0.3) is 0 Å². The highest BCUT2D eigenvalue weighted by atomic mass is 19.4. The summed E-state index contributed by atoms with van der Waals surface area (Å²) in [5.74, 6) is -0.548. The van der Waals surface area contributed by atoms with Crippen molar-refractivity contribution in [1.29, 1.82) is 5.26 Å². The molecule has 0 aliphatic carbocycles. The quantitative estimate of drug-likeness (QED) is 0.702. The van der Waals surface area contributed by atoms with E-state index >= 15 is 0 Å². The largest absolute Gasteiger partial charge is 0.416 e. The zero-order chi connectivity index (χ0) is 14.0. The molecule has 96 valence electrons. The molecule has 0 atom stereocenters. The van der Waals surface area contributed by atoms with Crippen LogP contribution in [0.3, 0.4) is 0 Å². The Morgan fingerprint density at radius 2 is 1.68 bits per heavy atom. The van der Waals surface area contributed by atoms with Crippen molar-refractivity contribution in [2.24, 2.45) is 0 Å². The standard InChI is InChI=1S/C14H7F4N/c15-13-3-1-2-10(7-13)11-4-9(8-19)5-12(6-11)14(16,17)18/h1-7H. The lowest BCUT2D eigenvalue weighted by molar-refractivity contribution is -0.137. The summed E-state index contributed by atoms with van der Waals surface area (Å²) in [6, 6.07) is 9.84. The molecule has 0 saturated heterocycles. The molecule has 0 fully saturated rings. The number of benzene rings is 2. The Balaban J connectivity index is 2.61. The van der Waals surface area contributed by atoms with E-state index in [-0.39, 0.29) is 11.1 Å². The molecule has 1 nitrogen and oxygen atoms in total. The van der Waals surface area contributed by atoms with Crippen LogP contribution in [0.5, 0.6) is 0 Å². The average Bonchev–Trinajstić information content (AvgIpc) is 2.37. The number of hydrogen-bond donors (Lipinski definition) is 0. The van der Waals surface area contributed by atoms with Crippen LogP contribution < -0.4 is 0 Å². The zero-order valence-corrected chi connectivity index (χ0v) is 9.50. The summed E-state index contributed by atoms with van der Waals surface area (Å²) in [6.07, 6.45) is -4.55. The second-order valence-corrected chi connectivity index (χ2v) is 3.92. The fourth-order valence-corrected chi connectivity index (χ4v) is 1.69. The maximum Gasteiger partial charge on any atom is 0.416 e. The van der Waals surface area contributed by atoms with Crippen LogP contribution in [0.2, 0.25) is 0 Å². The van der Waals surface area contributed by atoms with Crippen LogP contribution in [0.25, 0.3) is 11.1 Å². The first kappa shape index (κ1) is 13.1. The Morgan fingerprint density at radius 1 is 0.947 bits per heavy atom. The molecule has 0 aromatic heterocycles. The molecule has 0 unspecified atom stereocenters. The zero-order valence-electron chi connectivity index (χ0n) is 9.50. The summed E-state index contributed by atoms with van der Waals surface area (Å²) in [5.41, 5.74) is -0.589. The molecule has 0 heterocycles. The third-order valence-electron chi connectivity index (χ3n) is 2.55. The molecule has 0 amide bonds. The summed E-state index contributed by atoms with van der Waals surface area (Å²) < 4.78 is 51.2. The monoisotopic (exact) mass is 265 g/mol. The normalized spacial score (nSPS) is 11.1. The molecule has 2 rings (SSSR count). The number of nitriles is 1. The molecule has 0 aliphatic rings. The van der Waals surface area contributed by atoms with E-state index in [1.54, 1.807) is 6.07 Å². The van der Waals surface area contributed by atoms with Gasteiger partial charge < -0.3 is 0 Å². The summed E-state index contributed by atoms with van der Waals surface area (Å²) in [7, 11) is 0. The molecule has 2 aromatic carbocycles. The first-order valence-corrected chi connectivity index (χ1v) is 5.28. The van der Waals surface area contributed by atoms with Crippen molar-refractivity contribution in [3.05, 3.63) is 59.4 Å². The van der Waals surface area contributed by atoms with Crippen molar-refractivity contribution in [3.63, 3.8) is 0 Å². The minimum atomic E-state index is -4.55. The van der Waals surface area contributed by atoms with E-state index in [1.165, 1.54) is 24.3 Å². The molecule has 0 radical (unpaired) electrons. The van der Waals surface area contributed by atoms with Crippen molar-refractivity contribution in [3.8, 4) is 17.2 Å². The van der Waals surface area contributed by atoms with Crippen molar-refractivity contribution in [1.82, 2.24) is 0 Å². The second-order valence-electron chi connectivity index (χ2n) is 3.92. The fraction of sp³-hybridized carbons (Fsp3) is 0.0714. The van der Waals surface area contributed by atoms with Crippen LogP contribution in [0.1, 0.15) is 11.1 Å². The van der Waals surface area contributed by atoms with Gasteiger partial charge in [-0.25, -0.2) is 4.39 Å². The maximum atomic E-state index is 13.1. The summed E-state index contributed by atoms with van der Waals surface area (Å²) in [4.78, 5) is 0. The minimum absolute atomic E-state index is 0.117. The van der Waals surface area contributed by atoms with Crippen LogP contribution in [0.4, 0.5) is 17.6 Å². The Morgan fingerprint density at radius 3 is 2.26 bits per heavy atom. The molecule has 5 heteroatoms. The van der Waals surface area contributed by atoms with Gasteiger partial charge in [-0.3, -0.25) is 0 Å². The first-order chi connectivity index (χ1) is 8.90.